The summed E-state index contributed by atoms with van der Waals surface area (Å²) in [6.07, 6.45) is 18.1. The molecule has 274 valence electrons. The van der Waals surface area contributed by atoms with Crippen LogP contribution >= 0.6 is 0 Å². The molecule has 1 aliphatic carbocycles. The highest BCUT2D eigenvalue weighted by atomic mass is 16.5. The number of amides is 1. The molecular weight excluding hydrogens is 683 g/mol. The van der Waals surface area contributed by atoms with Gasteiger partial charge in [-0.1, -0.05) is 133 Å². The number of H-pyrrole nitrogens is 1. The number of benzene rings is 4. The molecule has 1 saturated heterocycles. The summed E-state index contributed by atoms with van der Waals surface area (Å²) in [5, 5.41) is 17.8. The van der Waals surface area contributed by atoms with Crippen LogP contribution in [0.2, 0.25) is 0 Å². The Kier molecular flexibility index (Phi) is 9.15. The Bertz CT molecular complexity index is 2300. The lowest BCUT2D eigenvalue weighted by molar-refractivity contribution is -0.113. The van der Waals surface area contributed by atoms with Crippen LogP contribution in [0.4, 0.5) is 0 Å². The van der Waals surface area contributed by atoms with Crippen LogP contribution in [-0.2, 0) is 15.1 Å². The van der Waals surface area contributed by atoms with E-state index < -0.39 is 16.4 Å². The maximum Gasteiger partial charge on any atom is 0.207 e. The van der Waals surface area contributed by atoms with Crippen LogP contribution in [0, 0.1) is 10.8 Å². The summed E-state index contributed by atoms with van der Waals surface area (Å²) < 4.78 is 8.89. The minimum Gasteiger partial charge on any atom is -0.377 e. The van der Waals surface area contributed by atoms with E-state index in [4.69, 9.17) is 24.9 Å². The molecule has 55 heavy (non-hydrogen) atoms. The zero-order valence-corrected chi connectivity index (χ0v) is 30.5. The highest BCUT2D eigenvalue weighted by molar-refractivity contribution is 5.83. The molecule has 4 aromatic carbocycles. The van der Waals surface area contributed by atoms with Crippen molar-refractivity contribution < 1.29 is 9.53 Å². The molecule has 4 heterocycles. The lowest BCUT2D eigenvalue weighted by atomic mass is 9.50. The Morgan fingerprint density at radius 1 is 0.891 bits per heavy atom. The zero-order valence-electron chi connectivity index (χ0n) is 30.5. The molecule has 0 radical (unpaired) electrons. The number of dihydropyridines is 1. The lowest BCUT2D eigenvalue weighted by Crippen LogP contribution is -2.59. The molecule has 1 fully saturated rings. The fraction of sp³-hybridized carbons (Fsp3) is 0.239. The van der Waals surface area contributed by atoms with E-state index in [1.807, 2.05) is 53.6 Å². The monoisotopic (exact) mass is 725 g/mol. The number of aromatic nitrogens is 5. The Morgan fingerprint density at radius 2 is 1.58 bits per heavy atom. The number of fused-ring (bicyclic) bond motifs is 1. The Morgan fingerprint density at radius 3 is 2.22 bits per heavy atom. The van der Waals surface area contributed by atoms with E-state index in [9.17, 15) is 4.79 Å². The van der Waals surface area contributed by atoms with Gasteiger partial charge in [-0.05, 0) is 48.1 Å². The molecule has 9 rings (SSSR count). The fourth-order valence-electron chi connectivity index (χ4n) is 9.45. The highest BCUT2D eigenvalue weighted by Crippen LogP contribution is 2.60. The van der Waals surface area contributed by atoms with E-state index in [1.54, 1.807) is 0 Å². The van der Waals surface area contributed by atoms with E-state index in [-0.39, 0.29) is 12.0 Å². The second-order valence-corrected chi connectivity index (χ2v) is 14.7. The van der Waals surface area contributed by atoms with Crippen LogP contribution in [0.25, 0.3) is 16.5 Å². The number of nitrogens with zero attached hydrogens (tertiary/aromatic N) is 5. The van der Waals surface area contributed by atoms with Gasteiger partial charge < -0.3 is 10.1 Å². The van der Waals surface area contributed by atoms with Crippen molar-refractivity contribution in [2.45, 2.75) is 36.8 Å². The van der Waals surface area contributed by atoms with Crippen LogP contribution in [0.3, 0.4) is 0 Å². The van der Waals surface area contributed by atoms with Crippen molar-refractivity contribution in [1.29, 1.82) is 0 Å². The zero-order chi connectivity index (χ0) is 37.1. The quantitative estimate of drug-likeness (QED) is 0.105. The van der Waals surface area contributed by atoms with E-state index in [0.29, 0.717) is 25.5 Å². The van der Waals surface area contributed by atoms with Crippen LogP contribution in [0.1, 0.15) is 53.4 Å². The molecule has 4 unspecified atom stereocenters. The molecule has 2 aromatic heterocycles. The van der Waals surface area contributed by atoms with E-state index in [1.165, 1.54) is 0 Å². The smallest absolute Gasteiger partial charge is 0.207 e. The van der Waals surface area contributed by atoms with E-state index in [2.05, 4.69) is 120 Å². The molecule has 0 bridgehead atoms. The number of carbonyl (C=O) groups is 1. The van der Waals surface area contributed by atoms with Gasteiger partial charge in [0, 0.05) is 47.1 Å². The van der Waals surface area contributed by atoms with Crippen molar-refractivity contribution >= 4 is 29.1 Å². The molecule has 9 nitrogen and oxygen atoms in total. The van der Waals surface area contributed by atoms with Crippen molar-refractivity contribution in [3.63, 3.8) is 0 Å². The number of aromatic amines is 1. The molecular formula is C46H43N7O2. The van der Waals surface area contributed by atoms with Crippen LogP contribution in [-0.4, -0.2) is 63.4 Å². The van der Waals surface area contributed by atoms with Gasteiger partial charge in [0.05, 0.1) is 23.9 Å². The van der Waals surface area contributed by atoms with Gasteiger partial charge >= 0.3 is 0 Å². The van der Waals surface area contributed by atoms with Crippen LogP contribution in [0.15, 0.2) is 157 Å². The SMILES string of the molecule is O=CNCC1(C2(C3CCCCO3)C=C(c3ncn(C(c4ccccc4)(c4ccccc4)c4ccccc4)n3)C=CC2c2[nH]nc3ccccc23)C=CC=NC1. The van der Waals surface area contributed by atoms with E-state index in [0.717, 1.165) is 64.5 Å². The molecule has 0 saturated carbocycles. The van der Waals surface area contributed by atoms with Crippen molar-refractivity contribution in [3.8, 4) is 0 Å². The fourth-order valence-corrected chi connectivity index (χ4v) is 9.45. The maximum absolute atomic E-state index is 12.1. The van der Waals surface area contributed by atoms with Gasteiger partial charge in [-0.3, -0.25) is 14.9 Å². The van der Waals surface area contributed by atoms with Crippen molar-refractivity contribution in [3.05, 3.63) is 180 Å². The average molecular weight is 726 g/mol. The number of ether oxygens (including phenoxy) is 1. The number of rotatable bonds is 11. The first kappa shape index (κ1) is 34.6. The second-order valence-electron chi connectivity index (χ2n) is 14.7. The molecule has 2 aliphatic heterocycles. The predicted octanol–water partition coefficient (Wildman–Crippen LogP) is 7.66. The van der Waals surface area contributed by atoms with Crippen molar-refractivity contribution in [2.75, 3.05) is 19.7 Å². The predicted molar refractivity (Wildman–Crippen MR) is 216 cm³/mol. The first-order chi connectivity index (χ1) is 27.2. The van der Waals surface area contributed by atoms with Gasteiger partial charge in [0.1, 0.15) is 11.9 Å². The minimum absolute atomic E-state index is 0.209. The summed E-state index contributed by atoms with van der Waals surface area (Å²) in [7, 11) is 0. The molecule has 0 spiro atoms. The number of carbonyl (C=O) groups excluding carboxylic acids is 1. The van der Waals surface area contributed by atoms with Gasteiger partial charge in [0.25, 0.3) is 0 Å². The minimum atomic E-state index is -0.815. The molecule has 3 aliphatic rings. The average Bonchev–Trinajstić information content (AvgIpc) is 3.94. The molecule has 2 N–H and O–H groups in total. The first-order valence-electron chi connectivity index (χ1n) is 19.1. The number of hydrogen-bond acceptors (Lipinski definition) is 6. The molecule has 4 atom stereocenters. The summed E-state index contributed by atoms with van der Waals surface area (Å²) in [4.78, 5) is 22.1. The Labute approximate surface area is 320 Å². The van der Waals surface area contributed by atoms with Gasteiger partial charge in [-0.25, -0.2) is 9.67 Å². The number of aliphatic imine (C=N–C) groups is 1. The third-order valence-corrected chi connectivity index (χ3v) is 11.9. The third kappa shape index (κ3) is 5.69. The highest BCUT2D eigenvalue weighted by Gasteiger charge is 2.60. The summed E-state index contributed by atoms with van der Waals surface area (Å²) in [5.74, 6) is 0.385. The lowest BCUT2D eigenvalue weighted by Gasteiger charge is -2.56. The molecule has 9 heteroatoms. The van der Waals surface area contributed by atoms with Crippen LogP contribution < -0.4 is 5.32 Å². The van der Waals surface area contributed by atoms with Crippen molar-refractivity contribution in [1.82, 2.24) is 30.3 Å². The standard InChI is InChI=1S/C46H43N7O2/c54-33-48-31-44(26-14-27-47-30-44)45(41-23-12-13-28-55-41)29-34(24-25-39(45)42-38-21-10-11-22-40(38)50-51-42)43-49-32-53(52-43)46(35-15-4-1-5-16-35,36-17-6-2-7-18-36)37-19-8-3-9-20-37/h1-11,14-22,24-27,29,32-33,39,41H,12-13,23,28,30-31H2,(H,48,54)(H,50,51). The largest absolute Gasteiger partial charge is 0.377 e. The van der Waals surface area contributed by atoms with Gasteiger partial charge in [-0.15, -0.1) is 5.10 Å². The topological polar surface area (TPSA) is 110 Å². The Balaban J connectivity index is 1.28. The first-order valence-corrected chi connectivity index (χ1v) is 19.1. The van der Waals surface area contributed by atoms with Crippen LogP contribution in [0.5, 0.6) is 0 Å². The summed E-state index contributed by atoms with van der Waals surface area (Å²) in [5.41, 5.74) is 3.76. The van der Waals surface area contributed by atoms with Gasteiger partial charge in [0.15, 0.2) is 5.82 Å². The number of nitrogens with one attached hydrogen (secondary N) is 2. The van der Waals surface area contributed by atoms with Gasteiger partial charge in [-0.2, -0.15) is 5.10 Å². The Hall–Kier alpha value is -6.19. The second kappa shape index (κ2) is 14.6. The maximum atomic E-state index is 12.1. The number of hydrogen-bond donors (Lipinski definition) is 2. The van der Waals surface area contributed by atoms with Gasteiger partial charge in [0.2, 0.25) is 6.41 Å². The molecule has 1 amide bonds. The summed E-state index contributed by atoms with van der Waals surface area (Å²) >= 11 is 0. The third-order valence-electron chi connectivity index (χ3n) is 11.9. The normalized spacial score (nSPS) is 23.7. The molecule has 6 aromatic rings. The van der Waals surface area contributed by atoms with E-state index >= 15 is 0 Å². The summed E-state index contributed by atoms with van der Waals surface area (Å²) in [6, 6.07) is 39.7. The van der Waals surface area contributed by atoms with Crippen molar-refractivity contribution in [2.24, 2.45) is 15.8 Å². The number of allylic oxidation sites excluding steroid dienone is 4. The number of para-hydroxylation sites is 1. The summed E-state index contributed by atoms with van der Waals surface area (Å²) in [6.45, 7) is 1.48.